The Morgan fingerprint density at radius 3 is 1.33 bits per heavy atom. The van der Waals surface area contributed by atoms with Crippen molar-refractivity contribution in [3.05, 3.63) is 0 Å². The molecule has 34 nitrogen and oxygen atoms in total. The van der Waals surface area contributed by atoms with Gasteiger partial charge in [-0.05, 0) is 13.8 Å². The van der Waals surface area contributed by atoms with Gasteiger partial charge < -0.3 is 139 Å². The minimum atomic E-state index is -5.23. The zero-order valence-corrected chi connectivity index (χ0v) is 41.1. The van der Waals surface area contributed by atoms with Crippen LogP contribution in [0.2, 0.25) is 0 Å². The summed E-state index contributed by atoms with van der Waals surface area (Å²) in [6, 6.07) is -3.54. The Morgan fingerprint density at radius 2 is 0.827 bits per heavy atom. The molecule has 6 aliphatic heterocycles. The summed E-state index contributed by atoms with van der Waals surface area (Å²) in [5.41, 5.74) is 0. The van der Waals surface area contributed by atoms with E-state index in [1.807, 2.05) is 0 Å². The predicted octanol–water partition coefficient (Wildman–Crippen LogP) is -11.9. The van der Waals surface area contributed by atoms with E-state index >= 15 is 0 Å². The maximum absolute atomic E-state index is 12.6. The Balaban J connectivity index is 1.33. The molecule has 6 fully saturated rings. The lowest BCUT2D eigenvalue weighted by molar-refractivity contribution is -0.401. The van der Waals surface area contributed by atoms with Gasteiger partial charge in [-0.2, -0.15) is 8.42 Å². The average Bonchev–Trinajstić information content (AvgIpc) is 3.34. The van der Waals surface area contributed by atoms with Crippen LogP contribution in [-0.4, -0.2) is 312 Å². The molecule has 18 N–H and O–H groups in total. The third kappa shape index (κ3) is 14.2. The average molecular weight is 1120 g/mol. The van der Waals surface area contributed by atoms with E-state index in [2.05, 4.69) is 14.8 Å². The van der Waals surface area contributed by atoms with Gasteiger partial charge in [0.1, 0.15) is 134 Å². The van der Waals surface area contributed by atoms with Crippen molar-refractivity contribution in [2.24, 2.45) is 0 Å². The van der Waals surface area contributed by atoms with Gasteiger partial charge in [0.15, 0.2) is 37.7 Å². The largest absolute Gasteiger partial charge is 0.397 e. The van der Waals surface area contributed by atoms with Crippen molar-refractivity contribution >= 4 is 22.2 Å². The van der Waals surface area contributed by atoms with E-state index in [1.165, 1.54) is 13.8 Å². The molecule has 0 bridgehead atoms. The minimum absolute atomic E-state index is 0.855. The van der Waals surface area contributed by atoms with Crippen LogP contribution in [0.5, 0.6) is 0 Å². The molecule has 436 valence electrons. The number of aliphatic hydroxyl groups excluding tert-OH is 15. The number of carbonyl (C=O) groups excluding carboxylic acids is 2. The first-order valence-electron chi connectivity index (χ1n) is 23.5. The summed E-state index contributed by atoms with van der Waals surface area (Å²) >= 11 is 0. The zero-order chi connectivity index (χ0) is 55.7. The van der Waals surface area contributed by atoms with Crippen molar-refractivity contribution < 1.29 is 155 Å². The highest BCUT2D eigenvalue weighted by Crippen LogP contribution is 2.37. The minimum Gasteiger partial charge on any atom is -0.394 e. The van der Waals surface area contributed by atoms with Gasteiger partial charge in [-0.1, -0.05) is 0 Å². The summed E-state index contributed by atoms with van der Waals surface area (Å²) in [6.45, 7) is 0.374. The van der Waals surface area contributed by atoms with Gasteiger partial charge in [0.2, 0.25) is 11.8 Å². The van der Waals surface area contributed by atoms with E-state index in [4.69, 9.17) is 52.1 Å². The van der Waals surface area contributed by atoms with E-state index in [-0.39, 0.29) is 0 Å². The van der Waals surface area contributed by atoms with Crippen LogP contribution >= 0.6 is 0 Å². The van der Waals surface area contributed by atoms with Crippen molar-refractivity contribution in [1.29, 1.82) is 0 Å². The van der Waals surface area contributed by atoms with Crippen molar-refractivity contribution in [3.63, 3.8) is 0 Å². The van der Waals surface area contributed by atoms with Gasteiger partial charge in [-0.15, -0.1) is 0 Å². The number of nitrogens with one attached hydrogen (secondary N) is 2. The first-order chi connectivity index (χ1) is 35.1. The van der Waals surface area contributed by atoms with Crippen LogP contribution in [-0.2, 0) is 76.3 Å². The molecule has 1 unspecified atom stereocenters. The third-order valence-electron chi connectivity index (χ3n) is 13.3. The number of hydrogen-bond donors (Lipinski definition) is 18. The summed E-state index contributed by atoms with van der Waals surface area (Å²) in [7, 11) is -5.23. The van der Waals surface area contributed by atoms with Crippen LogP contribution in [0.15, 0.2) is 0 Å². The molecule has 0 spiro atoms. The predicted molar refractivity (Wildman–Crippen MR) is 230 cm³/mol. The van der Waals surface area contributed by atoms with E-state index < -0.39 is 233 Å². The second-order valence-electron chi connectivity index (χ2n) is 18.8. The number of ether oxygens (including phenoxy) is 11. The third-order valence-corrected chi connectivity index (χ3v) is 13.8. The van der Waals surface area contributed by atoms with E-state index in [0.717, 1.165) is 13.8 Å². The second kappa shape index (κ2) is 25.9. The number of amides is 2. The van der Waals surface area contributed by atoms with Crippen LogP contribution < -0.4 is 10.6 Å². The summed E-state index contributed by atoms with van der Waals surface area (Å²) in [5.74, 6) is -1.73. The van der Waals surface area contributed by atoms with E-state index in [1.54, 1.807) is 0 Å². The van der Waals surface area contributed by atoms with Gasteiger partial charge in [-0.25, -0.2) is 4.18 Å². The molecule has 0 aromatic heterocycles. The number of aliphatic hydroxyl groups is 15. The van der Waals surface area contributed by atoms with Crippen molar-refractivity contribution in [3.8, 4) is 0 Å². The lowest BCUT2D eigenvalue weighted by Gasteiger charge is -2.51. The highest BCUT2D eigenvalue weighted by Gasteiger charge is 2.58. The fraction of sp³-hybridized carbons (Fsp3) is 0.950. The molecule has 6 aliphatic rings. The molecule has 6 rings (SSSR count). The normalized spacial score (nSPS) is 49.0. The molecule has 0 radical (unpaired) electrons. The molecule has 0 saturated carbocycles. The molecule has 6 saturated heterocycles. The van der Waals surface area contributed by atoms with Crippen molar-refractivity contribution in [2.45, 2.75) is 212 Å². The first kappa shape index (κ1) is 62.0. The van der Waals surface area contributed by atoms with Crippen molar-refractivity contribution in [1.82, 2.24) is 10.6 Å². The SMILES string of the molecule is CC(=O)N[C@H]1[C@H](OC[C@H]2OC(O)[C@H](NC(C)=O)[C@@H](O[C@@H]3O[C@H](CO)[C@H](O)[C@H](O[C@@H]4O[C@H](CO)[C@H](O)[C@H](O)[C@H]4O)[C@H]3O[C@@H]3O[C@@H](C)[C@@H](O)[C@@H](O)[C@@H]3O)[C@H]2O)O[C@H](COS(=O)(=O)O)[C@@H](O)[C@@H]1O[C@@H]1O[C@@H](C)[C@@H](O)[C@@H](O)[C@@H]1O. The topological polar surface area (TPSA) is 527 Å². The zero-order valence-electron chi connectivity index (χ0n) is 40.2. The fourth-order valence-corrected chi connectivity index (χ4v) is 9.52. The maximum Gasteiger partial charge on any atom is 0.397 e. The summed E-state index contributed by atoms with van der Waals surface area (Å²) in [5, 5.41) is 167. The van der Waals surface area contributed by atoms with Gasteiger partial charge in [-0.3, -0.25) is 14.1 Å². The number of hydrogen-bond acceptors (Lipinski definition) is 31. The van der Waals surface area contributed by atoms with Crippen LogP contribution in [0.1, 0.15) is 27.7 Å². The quantitative estimate of drug-likeness (QED) is 0.0567. The molecule has 0 aromatic carbocycles. The molecule has 6 heterocycles. The van der Waals surface area contributed by atoms with Crippen molar-refractivity contribution in [2.75, 3.05) is 26.4 Å². The molecular weight excluding hydrogens is 1050 g/mol. The lowest BCUT2D eigenvalue weighted by Crippen LogP contribution is -2.70. The fourth-order valence-electron chi connectivity index (χ4n) is 9.21. The Bertz CT molecular complexity index is 1970. The van der Waals surface area contributed by atoms with Gasteiger partial charge >= 0.3 is 10.4 Å². The highest BCUT2D eigenvalue weighted by atomic mass is 32.3. The monoisotopic (exact) mass is 1120 g/mol. The first-order valence-corrected chi connectivity index (χ1v) is 24.8. The Labute approximate surface area is 425 Å². The Hall–Kier alpha value is -2.23. The van der Waals surface area contributed by atoms with Gasteiger partial charge in [0.25, 0.3) is 0 Å². The smallest absolute Gasteiger partial charge is 0.394 e. The highest BCUT2D eigenvalue weighted by molar-refractivity contribution is 7.80. The Kier molecular flexibility index (Phi) is 21.4. The summed E-state index contributed by atoms with van der Waals surface area (Å²) in [4.78, 5) is 25.2. The molecule has 0 aliphatic carbocycles. The standard InChI is InChI=1S/C40H68N2O32S/c1-9-19(47)25(53)28(56)37(65-9)71-32-18(42-12(4)46)36(70-16(24(32)52)8-64-75(60,61)62)63-7-15-23(51)31(17(35(59)67-15)41-11(3)45)72-40-34(74-38-29(57)26(54)20(48)10(2)66-38)33(22(50)14(6-44)69-40)73-39-30(58)27(55)21(49)13(5-43)68-39/h9-10,13-40,43-44,47-59H,5-8H2,1-4H3,(H,41,45)(H,42,46)(H,60,61,62)/t9-,10-,13+,14+,15+,16+,17+,18+,19+,20+,21-,22-,23-,24+,25+,26+,27-,28-,29-,30+,31+,32+,33-,34+,35?,36+,37-,38-,39-,40-/m0/s1. The Morgan fingerprint density at radius 1 is 0.440 bits per heavy atom. The van der Waals surface area contributed by atoms with Crippen LogP contribution in [0, 0.1) is 0 Å². The van der Waals surface area contributed by atoms with Crippen LogP contribution in [0.4, 0.5) is 0 Å². The molecule has 75 heavy (non-hydrogen) atoms. The molecule has 30 atom stereocenters. The van der Waals surface area contributed by atoms with Gasteiger partial charge in [0, 0.05) is 13.8 Å². The second-order valence-corrected chi connectivity index (χ2v) is 19.9. The van der Waals surface area contributed by atoms with E-state index in [9.17, 15) is 99.2 Å². The number of carbonyl (C=O) groups is 2. The van der Waals surface area contributed by atoms with Crippen LogP contribution in [0.3, 0.4) is 0 Å². The van der Waals surface area contributed by atoms with Crippen LogP contribution in [0.25, 0.3) is 0 Å². The lowest BCUT2D eigenvalue weighted by atomic mass is 9.94. The molecular formula is C40H68N2O32S. The maximum atomic E-state index is 12.6. The summed E-state index contributed by atoms with van der Waals surface area (Å²) in [6.07, 6.45) is -53.5. The molecule has 35 heteroatoms. The van der Waals surface area contributed by atoms with Gasteiger partial charge in [0.05, 0.1) is 38.6 Å². The number of rotatable bonds is 18. The molecule has 2 amide bonds. The summed E-state index contributed by atoms with van der Waals surface area (Å²) < 4.78 is 101. The van der Waals surface area contributed by atoms with E-state index in [0.29, 0.717) is 0 Å². The molecule has 0 aromatic rings.